The number of carbonyl (C=O) groups excluding carboxylic acids is 1. The molecule has 2 atom stereocenters. The maximum atomic E-state index is 14.0. The van der Waals surface area contributed by atoms with Crippen molar-refractivity contribution in [1.29, 1.82) is 0 Å². The number of nitrogens with zero attached hydrogens (tertiary/aromatic N) is 4. The van der Waals surface area contributed by atoms with Crippen molar-refractivity contribution in [2.24, 2.45) is 7.05 Å². The van der Waals surface area contributed by atoms with Crippen molar-refractivity contribution in [1.82, 2.24) is 19.7 Å². The number of amides is 1. The van der Waals surface area contributed by atoms with E-state index in [0.717, 1.165) is 57.7 Å². The largest absolute Gasteiger partial charge is 0.327 e. The van der Waals surface area contributed by atoms with E-state index in [2.05, 4.69) is 20.9 Å². The maximum absolute atomic E-state index is 14.0. The summed E-state index contributed by atoms with van der Waals surface area (Å²) in [5, 5.41) is 5.65. The molecule has 8 heteroatoms. The van der Waals surface area contributed by atoms with Crippen LogP contribution >= 0.6 is 15.9 Å². The van der Waals surface area contributed by atoms with Crippen LogP contribution in [0.25, 0.3) is 22.2 Å². The van der Waals surface area contributed by atoms with Gasteiger partial charge in [0.25, 0.3) is 5.91 Å². The van der Waals surface area contributed by atoms with Crippen LogP contribution in [-0.2, 0) is 13.5 Å². The van der Waals surface area contributed by atoms with E-state index in [4.69, 9.17) is 5.10 Å². The van der Waals surface area contributed by atoms with E-state index in [9.17, 15) is 13.6 Å². The third-order valence-electron chi connectivity index (χ3n) is 6.98. The van der Waals surface area contributed by atoms with Crippen molar-refractivity contribution in [2.75, 3.05) is 0 Å². The topological polar surface area (TPSA) is 51.0 Å². The van der Waals surface area contributed by atoms with E-state index in [1.54, 1.807) is 17.9 Å². The zero-order chi connectivity index (χ0) is 23.6. The van der Waals surface area contributed by atoms with Gasteiger partial charge in [0.05, 0.1) is 22.9 Å². The van der Waals surface area contributed by atoms with Crippen molar-refractivity contribution in [3.63, 3.8) is 0 Å². The quantitative estimate of drug-likeness (QED) is 0.326. The SMILES string of the molecule is Cn1nc2c(c1-c1cc(F)cc(F)c1)C[C@H]1CCC[C@@H]2N1C(=O)c1ccc2nccc(Br)c2c1. The van der Waals surface area contributed by atoms with Crippen LogP contribution < -0.4 is 0 Å². The zero-order valence-corrected chi connectivity index (χ0v) is 20.0. The molecular weight excluding hydrogens is 502 g/mol. The first-order valence-electron chi connectivity index (χ1n) is 11.3. The molecule has 34 heavy (non-hydrogen) atoms. The first-order chi connectivity index (χ1) is 16.4. The van der Waals surface area contributed by atoms with E-state index < -0.39 is 11.6 Å². The van der Waals surface area contributed by atoms with E-state index in [0.29, 0.717) is 17.5 Å². The Morgan fingerprint density at radius 3 is 2.68 bits per heavy atom. The van der Waals surface area contributed by atoms with Crippen molar-refractivity contribution in [3.05, 3.63) is 81.6 Å². The molecule has 2 aliphatic heterocycles. The summed E-state index contributed by atoms with van der Waals surface area (Å²) in [6, 6.07) is 10.9. The lowest BCUT2D eigenvalue weighted by atomic mass is 9.81. The fraction of sp³-hybridized carbons (Fsp3) is 0.269. The van der Waals surface area contributed by atoms with Crippen molar-refractivity contribution in [2.45, 2.75) is 37.8 Å². The smallest absolute Gasteiger partial charge is 0.254 e. The molecule has 0 spiro atoms. The predicted molar refractivity (Wildman–Crippen MR) is 128 cm³/mol. The lowest BCUT2D eigenvalue weighted by Crippen LogP contribution is -2.49. The van der Waals surface area contributed by atoms with E-state index in [1.807, 2.05) is 29.2 Å². The Kier molecular flexibility index (Phi) is 5.02. The molecule has 4 aromatic rings. The number of piperidine rings is 1. The summed E-state index contributed by atoms with van der Waals surface area (Å²) >= 11 is 3.56. The highest BCUT2D eigenvalue weighted by atomic mass is 79.9. The van der Waals surface area contributed by atoms with Gasteiger partial charge in [0.1, 0.15) is 11.6 Å². The lowest BCUT2D eigenvalue weighted by Gasteiger charge is -2.45. The van der Waals surface area contributed by atoms with Crippen LogP contribution in [0.2, 0.25) is 0 Å². The van der Waals surface area contributed by atoms with Crippen LogP contribution in [0.5, 0.6) is 0 Å². The number of aryl methyl sites for hydroxylation is 1. The number of aromatic nitrogens is 3. The molecule has 0 N–H and O–H groups in total. The average molecular weight is 523 g/mol. The minimum absolute atomic E-state index is 0.00754. The maximum Gasteiger partial charge on any atom is 0.254 e. The molecule has 0 saturated carbocycles. The number of benzene rings is 2. The summed E-state index contributed by atoms with van der Waals surface area (Å²) in [4.78, 5) is 20.1. The number of hydrogen-bond donors (Lipinski definition) is 0. The Labute approximate surface area is 203 Å². The van der Waals surface area contributed by atoms with Crippen molar-refractivity contribution in [3.8, 4) is 11.3 Å². The van der Waals surface area contributed by atoms with Gasteiger partial charge < -0.3 is 4.90 Å². The zero-order valence-electron chi connectivity index (χ0n) is 18.4. The van der Waals surface area contributed by atoms with Gasteiger partial charge in [-0.05, 0) is 62.1 Å². The van der Waals surface area contributed by atoms with E-state index in [-0.39, 0.29) is 18.0 Å². The van der Waals surface area contributed by atoms with Gasteiger partial charge in [0, 0.05) is 51.9 Å². The Balaban J connectivity index is 1.43. The Bertz CT molecular complexity index is 1450. The van der Waals surface area contributed by atoms with Gasteiger partial charge in [0.15, 0.2) is 0 Å². The van der Waals surface area contributed by atoms with Gasteiger partial charge >= 0.3 is 0 Å². The second-order valence-corrected chi connectivity index (χ2v) is 9.89. The number of hydrogen-bond acceptors (Lipinski definition) is 3. The molecule has 0 radical (unpaired) electrons. The number of fused-ring (bicyclic) bond motifs is 5. The molecule has 1 fully saturated rings. The van der Waals surface area contributed by atoms with E-state index >= 15 is 0 Å². The minimum Gasteiger partial charge on any atom is -0.327 e. The first kappa shape index (κ1) is 21.4. The molecule has 0 unspecified atom stereocenters. The van der Waals surface area contributed by atoms with Gasteiger partial charge in [0.2, 0.25) is 0 Å². The molecule has 2 aromatic heterocycles. The Morgan fingerprint density at radius 1 is 1.09 bits per heavy atom. The van der Waals surface area contributed by atoms with Gasteiger partial charge in [-0.25, -0.2) is 8.78 Å². The van der Waals surface area contributed by atoms with Crippen LogP contribution in [-0.4, -0.2) is 31.6 Å². The third-order valence-corrected chi connectivity index (χ3v) is 7.67. The van der Waals surface area contributed by atoms with Crippen LogP contribution in [0.4, 0.5) is 8.78 Å². The first-order valence-corrected chi connectivity index (χ1v) is 12.1. The van der Waals surface area contributed by atoms with Crippen molar-refractivity contribution >= 4 is 32.7 Å². The summed E-state index contributed by atoms with van der Waals surface area (Å²) in [7, 11) is 1.79. The van der Waals surface area contributed by atoms with Crippen LogP contribution in [0.1, 0.15) is 46.9 Å². The third kappa shape index (κ3) is 3.35. The molecule has 172 valence electrons. The van der Waals surface area contributed by atoms with Crippen LogP contribution in [0.15, 0.2) is 53.1 Å². The molecule has 2 aliphatic rings. The summed E-state index contributed by atoms with van der Waals surface area (Å²) in [5.74, 6) is -1.26. The molecule has 5 nitrogen and oxygen atoms in total. The number of rotatable bonds is 2. The fourth-order valence-electron chi connectivity index (χ4n) is 5.60. The molecule has 0 aliphatic carbocycles. The molecule has 2 aromatic carbocycles. The molecule has 1 amide bonds. The highest BCUT2D eigenvalue weighted by molar-refractivity contribution is 9.10. The number of pyridine rings is 1. The number of halogens is 3. The second kappa shape index (κ2) is 7.98. The highest BCUT2D eigenvalue weighted by Crippen LogP contribution is 2.45. The Hall–Kier alpha value is -3.13. The van der Waals surface area contributed by atoms with Gasteiger partial charge in [-0.1, -0.05) is 15.9 Å². The molecule has 4 heterocycles. The van der Waals surface area contributed by atoms with Crippen molar-refractivity contribution < 1.29 is 13.6 Å². The lowest BCUT2D eigenvalue weighted by molar-refractivity contribution is 0.0392. The normalized spacial score (nSPS) is 19.4. The molecule has 2 bridgehead atoms. The molecule has 6 rings (SSSR count). The minimum atomic E-state index is -0.616. The second-order valence-electron chi connectivity index (χ2n) is 9.04. The predicted octanol–water partition coefficient (Wildman–Crippen LogP) is 5.97. The van der Waals surface area contributed by atoms with Crippen LogP contribution in [0.3, 0.4) is 0 Å². The van der Waals surface area contributed by atoms with E-state index in [1.165, 1.54) is 12.1 Å². The average Bonchev–Trinajstić information content (AvgIpc) is 3.13. The van der Waals surface area contributed by atoms with Crippen LogP contribution in [0, 0.1) is 11.6 Å². The number of carbonyl (C=O) groups is 1. The highest BCUT2D eigenvalue weighted by Gasteiger charge is 2.43. The molecule has 1 saturated heterocycles. The van der Waals surface area contributed by atoms with Gasteiger partial charge in [-0.15, -0.1) is 0 Å². The monoisotopic (exact) mass is 522 g/mol. The summed E-state index contributed by atoms with van der Waals surface area (Å²) in [5.41, 5.74) is 4.44. The Morgan fingerprint density at radius 2 is 1.88 bits per heavy atom. The fourth-order valence-corrected chi connectivity index (χ4v) is 6.03. The molecular formula is C26H21BrF2N4O. The van der Waals surface area contributed by atoms with Gasteiger partial charge in [-0.2, -0.15) is 5.10 Å². The summed E-state index contributed by atoms with van der Waals surface area (Å²) in [6.07, 6.45) is 5.03. The van der Waals surface area contributed by atoms with Gasteiger partial charge in [-0.3, -0.25) is 14.5 Å². The summed E-state index contributed by atoms with van der Waals surface area (Å²) in [6.45, 7) is 0. The summed E-state index contributed by atoms with van der Waals surface area (Å²) < 4.78 is 30.5. The standard InChI is InChI=1S/C26H21BrF2N4O/c1-32-25(15-9-16(28)12-17(29)10-15)20-13-18-3-2-4-23(24(20)31-32)33(18)26(34)14-5-6-22-19(11-14)21(27)7-8-30-22/h5-12,18,23H,2-4,13H2,1H3/t18-,23+/m1/s1.